The van der Waals surface area contributed by atoms with Crippen LogP contribution in [0, 0.1) is 66.1 Å². The number of rotatable bonds is 17. The number of aliphatic hydroxyl groups is 1. The van der Waals surface area contributed by atoms with Crippen LogP contribution in [-0.2, 0) is 59.2 Å². The number of carbonyl (C=O) groups is 11. The van der Waals surface area contributed by atoms with Gasteiger partial charge in [0.25, 0.3) is 0 Å². The van der Waals surface area contributed by atoms with Crippen molar-refractivity contribution < 1.29 is 57.8 Å². The molecule has 1 aliphatic rings. The minimum absolute atomic E-state index is 0.0718. The molecule has 0 unspecified atom stereocenters. The summed E-state index contributed by atoms with van der Waals surface area (Å²) >= 11 is 0. The SMILES string of the molecule is CC[C@H]1CC(=O)[C@@H]([C@H](O)[C@H](C)CCCc2ccnc(C)c2)N(C)C(=O)[C@@H](C(C)C)N(C)C(=O)[C@@H](CC(C)C)N(C)C(=O)[C@@H](CC(C)C)N(C)C(=O)[C@H](C)NC(=O)[C@@H](C)CC(=O)[C@@H](CC(C)C)N(C)C(=O)[C@@H](C(C)C)CC(=O)[C@H](CC(C)C)N(C)C(=O)[C@@H](C)N(C)C1=O. The summed E-state index contributed by atoms with van der Waals surface area (Å²) in [5, 5.41) is 15.3. The predicted molar refractivity (Wildman–Crippen MR) is 359 cm³/mol. The highest BCUT2D eigenvalue weighted by atomic mass is 16.3. The molecule has 21 heteroatoms. The van der Waals surface area contributed by atoms with Gasteiger partial charge in [0.2, 0.25) is 47.3 Å². The van der Waals surface area contributed by atoms with Crippen LogP contribution in [0.5, 0.6) is 0 Å². The third-order valence-electron chi connectivity index (χ3n) is 18.9. The summed E-state index contributed by atoms with van der Waals surface area (Å²) in [5.41, 5.74) is 1.90. The Morgan fingerprint density at radius 3 is 1.42 bits per heavy atom. The maximum absolute atomic E-state index is 15.4. The highest BCUT2D eigenvalue weighted by molar-refractivity contribution is 6.00. The standard InChI is InChI=1S/C71H121N9O12/c1-26-52-38-60(83)62(63(84)46(14)28-27-29-51-30-31-72-48(16)37-51)80(25)71(92)61(45(12)13)79(24)70(91)57(35-43(8)9)78(23)69(90)56(34-42(6)7)77(22)65(86)49(17)73-64(85)47(15)36-58(81)54(32-40(2)3)76(21)68(89)53(44(10)11)39-59(82)55(33-41(4)5)75(20)66(87)50(18)74(19)67(52)88/h30-31,37,40-47,49-50,52-57,61-63,84H,26-29,32-36,38-39H2,1-25H3,(H,73,85)/t46-,47+,49+,50-,52+,53-,54-,55+,56-,57-,61-,62+,63-/m1/s1. The van der Waals surface area contributed by atoms with Crippen LogP contribution in [0.15, 0.2) is 18.3 Å². The average Bonchev–Trinajstić information content (AvgIpc) is 0.869. The van der Waals surface area contributed by atoms with E-state index < -0.39 is 155 Å². The Kier molecular flexibility index (Phi) is 33.1. The maximum atomic E-state index is 15.4. The second-order valence-electron chi connectivity index (χ2n) is 29.3. The van der Waals surface area contributed by atoms with E-state index in [0.717, 1.165) is 11.3 Å². The molecule has 522 valence electrons. The fourth-order valence-corrected chi connectivity index (χ4v) is 12.8. The van der Waals surface area contributed by atoms with E-state index in [2.05, 4.69) is 10.3 Å². The number of aromatic nitrogens is 1. The summed E-state index contributed by atoms with van der Waals surface area (Å²) in [6.07, 6.45) is 1.96. The van der Waals surface area contributed by atoms with Gasteiger partial charge in [0.1, 0.15) is 36.3 Å². The molecule has 2 N–H and O–H groups in total. The topological polar surface area (TPSA) is 256 Å². The molecule has 1 aromatic rings. The number of hydrogen-bond acceptors (Lipinski definition) is 13. The average molecular weight is 1290 g/mol. The third kappa shape index (κ3) is 22.5. The largest absolute Gasteiger partial charge is 0.390 e. The van der Waals surface area contributed by atoms with Crippen molar-refractivity contribution in [3.05, 3.63) is 29.6 Å². The van der Waals surface area contributed by atoms with E-state index in [1.807, 2.05) is 88.3 Å². The van der Waals surface area contributed by atoms with Crippen LogP contribution >= 0.6 is 0 Å². The van der Waals surface area contributed by atoms with Crippen LogP contribution in [0.1, 0.15) is 193 Å². The van der Waals surface area contributed by atoms with E-state index in [1.165, 1.54) is 90.6 Å². The van der Waals surface area contributed by atoms with Crippen molar-refractivity contribution in [1.29, 1.82) is 0 Å². The van der Waals surface area contributed by atoms with Gasteiger partial charge in [-0.1, -0.05) is 104 Å². The van der Waals surface area contributed by atoms with Crippen molar-refractivity contribution in [2.24, 2.45) is 59.2 Å². The predicted octanol–water partition coefficient (Wildman–Crippen LogP) is 7.69. The van der Waals surface area contributed by atoms with E-state index in [-0.39, 0.29) is 74.4 Å². The van der Waals surface area contributed by atoms with Crippen molar-refractivity contribution in [2.75, 3.05) is 49.3 Å². The molecule has 2 heterocycles. The van der Waals surface area contributed by atoms with Crippen LogP contribution < -0.4 is 5.32 Å². The molecule has 0 aliphatic carbocycles. The zero-order valence-electron chi connectivity index (χ0n) is 61.0. The van der Waals surface area contributed by atoms with E-state index >= 15 is 19.2 Å². The Morgan fingerprint density at radius 2 is 0.957 bits per heavy atom. The van der Waals surface area contributed by atoms with Crippen LogP contribution in [0.2, 0.25) is 0 Å². The Hall–Kier alpha value is -6.12. The number of nitrogens with zero attached hydrogens (tertiary/aromatic N) is 8. The molecule has 21 nitrogen and oxygen atoms in total. The molecule has 2 rings (SSSR count). The van der Waals surface area contributed by atoms with Crippen LogP contribution in [-0.4, -0.2) is 213 Å². The lowest BCUT2D eigenvalue weighted by Gasteiger charge is -2.41. The van der Waals surface area contributed by atoms with Crippen molar-refractivity contribution in [3.8, 4) is 0 Å². The van der Waals surface area contributed by atoms with Crippen molar-refractivity contribution in [3.63, 3.8) is 0 Å². The van der Waals surface area contributed by atoms with Gasteiger partial charge in [-0.05, 0) is 131 Å². The van der Waals surface area contributed by atoms with Crippen LogP contribution in [0.25, 0.3) is 0 Å². The molecule has 0 aromatic carbocycles. The summed E-state index contributed by atoms with van der Waals surface area (Å²) in [7, 11) is 10.3. The summed E-state index contributed by atoms with van der Waals surface area (Å²) in [5.74, 6) is -10.9. The Balaban J connectivity index is 3.01. The van der Waals surface area contributed by atoms with Crippen LogP contribution in [0.3, 0.4) is 0 Å². The van der Waals surface area contributed by atoms with Gasteiger partial charge < -0.3 is 44.7 Å². The molecular weight excluding hydrogens is 1170 g/mol. The lowest BCUT2D eigenvalue weighted by molar-refractivity contribution is -0.157. The normalized spacial score (nSPS) is 26.7. The molecule has 1 aromatic heterocycles. The lowest BCUT2D eigenvalue weighted by Crippen LogP contribution is -2.61. The number of ketones is 3. The number of nitrogens with one attached hydrogen (secondary N) is 1. The lowest BCUT2D eigenvalue weighted by atomic mass is 9.84. The monoisotopic (exact) mass is 1290 g/mol. The number of carbonyl (C=O) groups excluding carboxylic acids is 11. The Morgan fingerprint density at radius 1 is 0.511 bits per heavy atom. The van der Waals surface area contributed by atoms with Crippen molar-refractivity contribution in [2.45, 2.75) is 250 Å². The number of aryl methyl sites for hydroxylation is 2. The van der Waals surface area contributed by atoms with Gasteiger partial charge in [-0.3, -0.25) is 57.7 Å². The maximum Gasteiger partial charge on any atom is 0.246 e. The first-order valence-corrected chi connectivity index (χ1v) is 33.9. The minimum Gasteiger partial charge on any atom is -0.390 e. The van der Waals surface area contributed by atoms with E-state index in [4.69, 9.17) is 0 Å². The highest BCUT2D eigenvalue weighted by Gasteiger charge is 2.46. The van der Waals surface area contributed by atoms with Gasteiger partial charge in [-0.2, -0.15) is 0 Å². The minimum atomic E-state index is -1.51. The van der Waals surface area contributed by atoms with Gasteiger partial charge in [-0.25, -0.2) is 0 Å². The smallest absolute Gasteiger partial charge is 0.246 e. The quantitative estimate of drug-likeness (QED) is 0.152. The summed E-state index contributed by atoms with van der Waals surface area (Å²) < 4.78 is 0. The Bertz CT molecular complexity index is 2680. The van der Waals surface area contributed by atoms with Crippen molar-refractivity contribution in [1.82, 2.24) is 44.6 Å². The summed E-state index contributed by atoms with van der Waals surface area (Å²) in [4.78, 5) is 176. The molecule has 13 atom stereocenters. The molecule has 0 saturated carbocycles. The number of pyridine rings is 1. The van der Waals surface area contributed by atoms with Gasteiger partial charge in [-0.15, -0.1) is 0 Å². The van der Waals surface area contributed by atoms with E-state index in [0.29, 0.717) is 19.3 Å². The fourth-order valence-electron chi connectivity index (χ4n) is 12.8. The second kappa shape index (κ2) is 37.1. The second-order valence-corrected chi connectivity index (χ2v) is 29.3. The van der Waals surface area contributed by atoms with Crippen LogP contribution in [0.4, 0.5) is 0 Å². The number of likely N-dealkylation sites (N-methyl/N-ethyl adjacent to an activating group) is 7. The molecular formula is C71H121N9O12. The van der Waals surface area contributed by atoms with Gasteiger partial charge >= 0.3 is 0 Å². The van der Waals surface area contributed by atoms with E-state index in [1.54, 1.807) is 47.7 Å². The molecule has 0 spiro atoms. The Labute approximate surface area is 552 Å². The fraction of sp³-hybridized carbons (Fsp3) is 0.775. The number of Topliss-reactive ketones (excluding diaryl/α,β-unsaturated/α-hetero) is 3. The van der Waals surface area contributed by atoms with E-state index in [9.17, 15) is 38.7 Å². The van der Waals surface area contributed by atoms with Gasteiger partial charge in [0, 0.05) is 98.2 Å². The third-order valence-corrected chi connectivity index (χ3v) is 18.9. The molecule has 0 radical (unpaired) electrons. The number of amides is 8. The molecule has 1 aliphatic heterocycles. The molecule has 92 heavy (non-hydrogen) atoms. The zero-order valence-corrected chi connectivity index (χ0v) is 61.0. The molecule has 1 fully saturated rings. The molecule has 1 saturated heterocycles. The summed E-state index contributed by atoms with van der Waals surface area (Å²) in [6, 6.07) is -5.44. The molecule has 8 amide bonds. The van der Waals surface area contributed by atoms with Gasteiger partial charge in [0.05, 0.1) is 18.2 Å². The number of aliphatic hydroxyl groups excluding tert-OH is 1. The van der Waals surface area contributed by atoms with Gasteiger partial charge in [0.15, 0.2) is 17.3 Å². The van der Waals surface area contributed by atoms with Crippen molar-refractivity contribution >= 4 is 64.6 Å². The first-order valence-electron chi connectivity index (χ1n) is 33.9. The number of hydrogen-bond donors (Lipinski definition) is 2. The highest BCUT2D eigenvalue weighted by Crippen LogP contribution is 2.30. The summed E-state index contributed by atoms with van der Waals surface area (Å²) in [6.45, 7) is 32.4. The first kappa shape index (κ1) is 82.0. The molecule has 0 bridgehead atoms. The zero-order chi connectivity index (χ0) is 70.8. The first-order chi connectivity index (χ1) is 42.5.